The van der Waals surface area contributed by atoms with Crippen molar-refractivity contribution < 1.29 is 28.8 Å². The third-order valence-corrected chi connectivity index (χ3v) is 6.59. The number of amides is 3. The van der Waals surface area contributed by atoms with Crippen molar-refractivity contribution in [3.05, 3.63) is 69.8 Å². The number of hydrogen-bond acceptors (Lipinski definition) is 6. The Labute approximate surface area is 215 Å². The zero-order valence-electron chi connectivity index (χ0n) is 20.8. The number of rotatable bonds is 14. The Morgan fingerprint density at radius 2 is 1.32 bits per heavy atom. The van der Waals surface area contributed by atoms with Gasteiger partial charge in [-0.15, -0.1) is 0 Å². The smallest absolute Gasteiger partial charge is 0.315 e. The molecule has 1 fully saturated rings. The lowest BCUT2D eigenvalue weighted by Gasteiger charge is -2.24. The molecule has 37 heavy (non-hydrogen) atoms. The third kappa shape index (κ3) is 7.42. The number of carbonyl (C=O) groups excluding carboxylic acids is 6. The molecule has 3 amide bonds. The fraction of sp³-hybridized carbons (Fsp3) is 0.357. The zero-order chi connectivity index (χ0) is 26.8. The zero-order valence-corrected chi connectivity index (χ0v) is 20.8. The van der Waals surface area contributed by atoms with Crippen LogP contribution in [0.1, 0.15) is 91.6 Å². The van der Waals surface area contributed by atoms with Gasteiger partial charge in [0.2, 0.25) is 5.91 Å². The van der Waals surface area contributed by atoms with E-state index in [-0.39, 0.29) is 59.4 Å². The second kappa shape index (κ2) is 13.2. The second-order valence-electron chi connectivity index (χ2n) is 9.26. The molecule has 2 unspecified atom stereocenters. The molecule has 194 valence electrons. The van der Waals surface area contributed by atoms with Crippen LogP contribution in [0.2, 0.25) is 0 Å². The van der Waals surface area contributed by atoms with E-state index in [2.05, 4.69) is 10.6 Å². The van der Waals surface area contributed by atoms with Gasteiger partial charge in [-0.1, -0.05) is 37.1 Å². The molecule has 0 spiro atoms. The van der Waals surface area contributed by atoms with Crippen molar-refractivity contribution in [2.24, 2.45) is 0 Å². The molecule has 1 aliphatic rings. The first-order valence-electron chi connectivity index (χ1n) is 12.3. The molecule has 9 heteroatoms. The van der Waals surface area contributed by atoms with Crippen molar-refractivity contribution in [2.45, 2.75) is 64.2 Å². The van der Waals surface area contributed by atoms with Crippen LogP contribution in [0, 0.1) is 0 Å². The summed E-state index contributed by atoms with van der Waals surface area (Å²) in [6.45, 7) is 2.38. The number of benzene rings is 2. The lowest BCUT2D eigenvalue weighted by Crippen LogP contribution is -2.31. The van der Waals surface area contributed by atoms with Gasteiger partial charge in [0, 0.05) is 47.8 Å². The SMILES string of the molecule is CC1NC(=O)NC1CCCCCC(=O)N(Cc1ccc(C=O)c(C=O)c1)Cc1ccc(C=O)c(C=O)c1. The first-order chi connectivity index (χ1) is 17.9. The number of urea groups is 1. The number of nitrogens with zero attached hydrogens (tertiary/aromatic N) is 1. The number of carbonyl (C=O) groups is 6. The van der Waals surface area contributed by atoms with E-state index in [0.29, 0.717) is 49.1 Å². The maximum absolute atomic E-state index is 13.2. The molecule has 0 aromatic heterocycles. The Morgan fingerprint density at radius 3 is 1.78 bits per heavy atom. The number of aldehydes is 4. The van der Waals surface area contributed by atoms with E-state index in [9.17, 15) is 28.8 Å². The van der Waals surface area contributed by atoms with Crippen molar-refractivity contribution in [3.63, 3.8) is 0 Å². The van der Waals surface area contributed by atoms with Crippen LogP contribution in [0.4, 0.5) is 4.79 Å². The lowest BCUT2D eigenvalue weighted by molar-refractivity contribution is -0.132. The molecule has 0 aliphatic carbocycles. The molecule has 2 atom stereocenters. The molecule has 2 N–H and O–H groups in total. The quantitative estimate of drug-likeness (QED) is 0.299. The summed E-state index contributed by atoms with van der Waals surface area (Å²) >= 11 is 0. The average molecular weight is 506 g/mol. The van der Waals surface area contributed by atoms with E-state index >= 15 is 0 Å². The predicted molar refractivity (Wildman–Crippen MR) is 137 cm³/mol. The van der Waals surface area contributed by atoms with Crippen LogP contribution in [0.5, 0.6) is 0 Å². The fourth-order valence-corrected chi connectivity index (χ4v) is 4.48. The van der Waals surface area contributed by atoms with E-state index in [0.717, 1.165) is 19.3 Å². The molecule has 3 rings (SSSR count). The second-order valence-corrected chi connectivity index (χ2v) is 9.26. The Morgan fingerprint density at radius 1 is 0.784 bits per heavy atom. The van der Waals surface area contributed by atoms with Crippen LogP contribution in [-0.2, 0) is 17.9 Å². The Hall–Kier alpha value is -4.14. The Balaban J connectivity index is 1.68. The van der Waals surface area contributed by atoms with Gasteiger partial charge in [0.05, 0.1) is 6.04 Å². The van der Waals surface area contributed by atoms with Crippen LogP contribution >= 0.6 is 0 Å². The average Bonchev–Trinajstić information content (AvgIpc) is 3.23. The summed E-state index contributed by atoms with van der Waals surface area (Å²) < 4.78 is 0. The Kier molecular flexibility index (Phi) is 9.83. The highest BCUT2D eigenvalue weighted by atomic mass is 16.2. The molecule has 1 heterocycles. The molecule has 2 aromatic rings. The molecule has 0 radical (unpaired) electrons. The number of hydrogen-bond donors (Lipinski definition) is 2. The largest absolute Gasteiger partial charge is 0.334 e. The van der Waals surface area contributed by atoms with Crippen LogP contribution < -0.4 is 10.6 Å². The minimum atomic E-state index is -0.152. The highest BCUT2D eigenvalue weighted by Gasteiger charge is 2.27. The Bertz CT molecular complexity index is 1110. The summed E-state index contributed by atoms with van der Waals surface area (Å²) in [4.78, 5) is 71.4. The monoisotopic (exact) mass is 505 g/mol. The van der Waals surface area contributed by atoms with E-state index in [4.69, 9.17) is 0 Å². The first-order valence-corrected chi connectivity index (χ1v) is 12.3. The maximum atomic E-state index is 13.2. The van der Waals surface area contributed by atoms with Gasteiger partial charge < -0.3 is 15.5 Å². The first kappa shape index (κ1) is 27.4. The predicted octanol–water partition coefficient (Wildman–Crippen LogP) is 3.49. The van der Waals surface area contributed by atoms with Crippen molar-refractivity contribution in [3.8, 4) is 0 Å². The third-order valence-electron chi connectivity index (χ3n) is 6.59. The summed E-state index contributed by atoms with van der Waals surface area (Å²) in [5.41, 5.74) is 2.45. The van der Waals surface area contributed by atoms with Crippen LogP contribution in [0.25, 0.3) is 0 Å². The highest BCUT2D eigenvalue weighted by molar-refractivity contribution is 5.91. The van der Waals surface area contributed by atoms with Crippen molar-refractivity contribution >= 4 is 37.1 Å². The highest BCUT2D eigenvalue weighted by Crippen LogP contribution is 2.18. The van der Waals surface area contributed by atoms with Gasteiger partial charge in [0.15, 0.2) is 25.1 Å². The van der Waals surface area contributed by atoms with Gasteiger partial charge >= 0.3 is 6.03 Å². The van der Waals surface area contributed by atoms with Gasteiger partial charge in [0.1, 0.15) is 0 Å². The van der Waals surface area contributed by atoms with Gasteiger partial charge in [-0.2, -0.15) is 0 Å². The van der Waals surface area contributed by atoms with Crippen LogP contribution in [0.3, 0.4) is 0 Å². The van der Waals surface area contributed by atoms with Gasteiger partial charge in [-0.05, 0) is 43.0 Å². The van der Waals surface area contributed by atoms with Crippen LogP contribution in [-0.4, -0.2) is 54.1 Å². The lowest BCUT2D eigenvalue weighted by atomic mass is 10.0. The van der Waals surface area contributed by atoms with Crippen molar-refractivity contribution in [2.75, 3.05) is 0 Å². The summed E-state index contributed by atoms with van der Waals surface area (Å²) in [5, 5.41) is 5.72. The van der Waals surface area contributed by atoms with E-state index < -0.39 is 0 Å². The van der Waals surface area contributed by atoms with E-state index in [1.54, 1.807) is 41.3 Å². The van der Waals surface area contributed by atoms with Gasteiger partial charge in [-0.3, -0.25) is 24.0 Å². The van der Waals surface area contributed by atoms with E-state index in [1.165, 1.54) is 0 Å². The molecule has 9 nitrogen and oxygen atoms in total. The van der Waals surface area contributed by atoms with E-state index in [1.807, 2.05) is 6.92 Å². The topological polar surface area (TPSA) is 130 Å². The van der Waals surface area contributed by atoms with Crippen LogP contribution in [0.15, 0.2) is 36.4 Å². The normalized spacial score (nSPS) is 16.4. The molecular formula is C28H31N3O6. The molecular weight excluding hydrogens is 474 g/mol. The minimum Gasteiger partial charge on any atom is -0.334 e. The summed E-state index contributed by atoms with van der Waals surface area (Å²) in [6.07, 6.45) is 5.94. The minimum absolute atomic E-state index is 0.0772. The van der Waals surface area contributed by atoms with Crippen molar-refractivity contribution in [1.82, 2.24) is 15.5 Å². The molecule has 2 aromatic carbocycles. The van der Waals surface area contributed by atoms with Gasteiger partial charge in [-0.25, -0.2) is 4.79 Å². The summed E-state index contributed by atoms with van der Waals surface area (Å²) in [5.74, 6) is -0.0940. The summed E-state index contributed by atoms with van der Waals surface area (Å²) in [6, 6.07) is 9.70. The maximum Gasteiger partial charge on any atom is 0.315 e. The van der Waals surface area contributed by atoms with Crippen molar-refractivity contribution in [1.29, 1.82) is 0 Å². The molecule has 1 saturated heterocycles. The number of unbranched alkanes of at least 4 members (excludes halogenated alkanes) is 2. The molecule has 0 bridgehead atoms. The fourth-order valence-electron chi connectivity index (χ4n) is 4.48. The summed E-state index contributed by atoms with van der Waals surface area (Å²) in [7, 11) is 0. The molecule has 1 aliphatic heterocycles. The molecule has 0 saturated carbocycles. The standard InChI is InChI=1S/C28H31N3O6/c1-19-26(30-28(37)29-19)5-3-2-4-6-27(36)31(13-20-7-9-22(15-32)24(11-20)17-34)14-21-8-10-23(16-33)25(12-21)18-35/h7-12,15-19,26H,2-6,13-14H2,1H3,(H2,29,30,37). The van der Waals surface area contributed by atoms with Gasteiger partial charge in [0.25, 0.3) is 0 Å². The number of nitrogens with one attached hydrogen (secondary N) is 2.